The van der Waals surface area contributed by atoms with Crippen molar-refractivity contribution in [3.05, 3.63) is 47.1 Å². The molecular weight excluding hydrogens is 334 g/mol. The maximum absolute atomic E-state index is 12.7. The average Bonchev–Trinajstić information content (AvgIpc) is 3.12. The molecule has 0 saturated carbocycles. The van der Waals surface area contributed by atoms with Crippen molar-refractivity contribution in [3.63, 3.8) is 0 Å². The van der Waals surface area contributed by atoms with Crippen molar-refractivity contribution in [2.75, 3.05) is 13.2 Å². The number of rotatable bonds is 5. The van der Waals surface area contributed by atoms with Gasteiger partial charge in [-0.15, -0.1) is 0 Å². The van der Waals surface area contributed by atoms with Crippen LogP contribution in [0.2, 0.25) is 0 Å². The Labute approximate surface area is 152 Å². The molecule has 4 rings (SSSR count). The van der Waals surface area contributed by atoms with Gasteiger partial charge in [-0.3, -0.25) is 9.78 Å². The average molecular weight is 357 g/mol. The second-order valence-electron chi connectivity index (χ2n) is 6.75. The summed E-state index contributed by atoms with van der Waals surface area (Å²) in [4.78, 5) is 17.0. The predicted octanol–water partition coefficient (Wildman–Crippen LogP) is 2.05. The first-order valence-electron chi connectivity index (χ1n) is 9.19. The van der Waals surface area contributed by atoms with E-state index in [2.05, 4.69) is 15.5 Å². The Morgan fingerprint density at radius 3 is 3.12 bits per heavy atom. The largest absolute Gasteiger partial charge is 0.379 e. The van der Waals surface area contributed by atoms with Gasteiger partial charge in [-0.25, -0.2) is 0 Å². The van der Waals surface area contributed by atoms with Crippen molar-refractivity contribution in [2.45, 2.75) is 50.9 Å². The first-order chi connectivity index (χ1) is 12.8. The molecular formula is C19H23N3O4. The van der Waals surface area contributed by atoms with E-state index in [9.17, 15) is 4.79 Å². The minimum absolute atomic E-state index is 0.115. The number of nitrogens with one attached hydrogen (secondary N) is 1. The quantitative estimate of drug-likeness (QED) is 0.881. The lowest BCUT2D eigenvalue weighted by Gasteiger charge is -2.31. The molecule has 138 valence electrons. The number of nitrogens with zero attached hydrogens (tertiary/aromatic N) is 2. The summed E-state index contributed by atoms with van der Waals surface area (Å²) in [7, 11) is 0. The summed E-state index contributed by atoms with van der Waals surface area (Å²) >= 11 is 0. The van der Waals surface area contributed by atoms with Crippen LogP contribution in [0, 0.1) is 0 Å². The molecule has 1 amide bonds. The predicted molar refractivity (Wildman–Crippen MR) is 92.6 cm³/mol. The first kappa shape index (κ1) is 17.2. The Hall–Kier alpha value is -2.25. The summed E-state index contributed by atoms with van der Waals surface area (Å²) in [5.74, 6) is 0.673. The molecule has 2 aromatic rings. The molecule has 7 heteroatoms. The minimum atomic E-state index is -0.211. The van der Waals surface area contributed by atoms with Gasteiger partial charge in [0.1, 0.15) is 11.9 Å². The number of amides is 1. The molecule has 2 aliphatic rings. The lowest BCUT2D eigenvalue weighted by molar-refractivity contribution is -0.0743. The zero-order valence-electron chi connectivity index (χ0n) is 14.6. The van der Waals surface area contributed by atoms with Crippen LogP contribution in [0.5, 0.6) is 0 Å². The van der Waals surface area contributed by atoms with E-state index < -0.39 is 0 Å². The molecule has 2 aromatic heterocycles. The highest BCUT2D eigenvalue weighted by molar-refractivity contribution is 5.94. The molecule has 1 N–H and O–H groups in total. The van der Waals surface area contributed by atoms with Gasteiger partial charge in [-0.2, -0.15) is 0 Å². The number of hydrogen-bond acceptors (Lipinski definition) is 6. The Balaban J connectivity index is 1.40. The van der Waals surface area contributed by atoms with E-state index in [1.54, 1.807) is 6.20 Å². The van der Waals surface area contributed by atoms with Crippen molar-refractivity contribution >= 4 is 5.91 Å². The van der Waals surface area contributed by atoms with Gasteiger partial charge in [-0.05, 0) is 37.8 Å². The molecule has 26 heavy (non-hydrogen) atoms. The van der Waals surface area contributed by atoms with E-state index in [-0.39, 0.29) is 18.1 Å². The first-order valence-corrected chi connectivity index (χ1v) is 9.19. The number of aryl methyl sites for hydroxylation is 1. The fourth-order valence-electron chi connectivity index (χ4n) is 3.52. The molecule has 0 unspecified atom stereocenters. The van der Waals surface area contributed by atoms with Gasteiger partial charge in [0.05, 0.1) is 24.9 Å². The highest BCUT2D eigenvalue weighted by Crippen LogP contribution is 2.24. The van der Waals surface area contributed by atoms with Gasteiger partial charge in [0.2, 0.25) is 0 Å². The van der Waals surface area contributed by atoms with Gasteiger partial charge in [0.15, 0.2) is 5.69 Å². The number of carbonyl (C=O) groups is 1. The van der Waals surface area contributed by atoms with Crippen molar-refractivity contribution in [2.24, 2.45) is 0 Å². The molecule has 1 saturated heterocycles. The standard InChI is InChI=1S/C19H23N3O4/c23-19(18-14-6-1-2-7-16(14)26-22-18)21-15-8-10-24-12-17(15)25-11-13-5-3-4-9-20-13/h3-5,9,15,17H,1-2,6-8,10-12H2,(H,21,23)/t15-,17-/m1/s1. The van der Waals surface area contributed by atoms with Crippen molar-refractivity contribution in [3.8, 4) is 0 Å². The lowest BCUT2D eigenvalue weighted by atomic mass is 9.96. The van der Waals surface area contributed by atoms with E-state index in [4.69, 9.17) is 14.0 Å². The molecule has 1 aliphatic heterocycles. The maximum atomic E-state index is 12.7. The Kier molecular flexibility index (Phi) is 5.26. The smallest absolute Gasteiger partial charge is 0.274 e. The molecule has 0 aromatic carbocycles. The second-order valence-corrected chi connectivity index (χ2v) is 6.75. The molecule has 3 heterocycles. The van der Waals surface area contributed by atoms with Crippen molar-refractivity contribution in [1.29, 1.82) is 0 Å². The van der Waals surface area contributed by atoms with Gasteiger partial charge in [0.25, 0.3) is 5.91 Å². The van der Waals surface area contributed by atoms with Crippen LogP contribution in [-0.4, -0.2) is 41.4 Å². The summed E-state index contributed by atoms with van der Waals surface area (Å²) in [5, 5.41) is 7.08. The summed E-state index contributed by atoms with van der Waals surface area (Å²) < 4.78 is 16.9. The summed E-state index contributed by atoms with van der Waals surface area (Å²) in [6, 6.07) is 5.60. The zero-order valence-corrected chi connectivity index (χ0v) is 14.6. The number of fused-ring (bicyclic) bond motifs is 1. The van der Waals surface area contributed by atoms with Gasteiger partial charge in [0, 0.05) is 24.8 Å². The third kappa shape index (κ3) is 3.78. The van der Waals surface area contributed by atoms with Crippen LogP contribution < -0.4 is 5.32 Å². The van der Waals surface area contributed by atoms with Crippen LogP contribution in [0.3, 0.4) is 0 Å². The molecule has 1 fully saturated rings. The number of carbonyl (C=O) groups excluding carboxylic acids is 1. The number of pyridine rings is 1. The fourth-order valence-corrected chi connectivity index (χ4v) is 3.52. The van der Waals surface area contributed by atoms with E-state index >= 15 is 0 Å². The minimum Gasteiger partial charge on any atom is -0.379 e. The Morgan fingerprint density at radius 2 is 2.23 bits per heavy atom. The highest BCUT2D eigenvalue weighted by Gasteiger charge is 2.31. The molecule has 1 aliphatic carbocycles. The van der Waals surface area contributed by atoms with Crippen LogP contribution >= 0.6 is 0 Å². The van der Waals surface area contributed by atoms with Crippen molar-refractivity contribution in [1.82, 2.24) is 15.5 Å². The van der Waals surface area contributed by atoms with Gasteiger partial charge < -0.3 is 19.3 Å². The lowest BCUT2D eigenvalue weighted by Crippen LogP contribution is -2.50. The van der Waals surface area contributed by atoms with Crippen LogP contribution in [0.25, 0.3) is 0 Å². The van der Waals surface area contributed by atoms with Crippen LogP contribution in [-0.2, 0) is 28.9 Å². The zero-order chi connectivity index (χ0) is 17.8. The Bertz CT molecular complexity index is 746. The highest BCUT2D eigenvalue weighted by atomic mass is 16.5. The van der Waals surface area contributed by atoms with Gasteiger partial charge >= 0.3 is 0 Å². The van der Waals surface area contributed by atoms with E-state index in [1.165, 1.54) is 0 Å². The van der Waals surface area contributed by atoms with Gasteiger partial charge in [-0.1, -0.05) is 11.2 Å². The normalized spacial score (nSPS) is 22.6. The summed E-state index contributed by atoms with van der Waals surface area (Å²) in [6.45, 7) is 1.45. The van der Waals surface area contributed by atoms with Crippen LogP contribution in [0.4, 0.5) is 0 Å². The van der Waals surface area contributed by atoms with Crippen molar-refractivity contribution < 1.29 is 18.8 Å². The van der Waals surface area contributed by atoms with Crippen LogP contribution in [0.1, 0.15) is 46.8 Å². The SMILES string of the molecule is O=C(N[C@@H]1CCOC[C@H]1OCc1ccccn1)c1noc2c1CCCC2. The number of aromatic nitrogens is 2. The topological polar surface area (TPSA) is 86.5 Å². The van der Waals surface area contributed by atoms with Crippen LogP contribution in [0.15, 0.2) is 28.9 Å². The number of hydrogen-bond donors (Lipinski definition) is 1. The Morgan fingerprint density at radius 1 is 1.31 bits per heavy atom. The molecule has 0 radical (unpaired) electrons. The summed E-state index contributed by atoms with van der Waals surface area (Å²) in [5.41, 5.74) is 2.25. The van der Waals surface area contributed by atoms with E-state index in [1.807, 2.05) is 18.2 Å². The third-order valence-electron chi connectivity index (χ3n) is 4.96. The monoisotopic (exact) mass is 357 g/mol. The maximum Gasteiger partial charge on any atom is 0.274 e. The number of ether oxygens (including phenoxy) is 2. The molecule has 0 bridgehead atoms. The second kappa shape index (κ2) is 7.97. The molecule has 0 spiro atoms. The summed E-state index contributed by atoms with van der Waals surface area (Å²) in [6.07, 6.45) is 6.12. The van der Waals surface area contributed by atoms with E-state index in [0.29, 0.717) is 31.9 Å². The van der Waals surface area contributed by atoms with E-state index in [0.717, 1.165) is 42.7 Å². The fraction of sp³-hybridized carbons (Fsp3) is 0.526. The molecule has 7 nitrogen and oxygen atoms in total. The third-order valence-corrected chi connectivity index (χ3v) is 4.96. The molecule has 2 atom stereocenters.